The van der Waals surface area contributed by atoms with Crippen LogP contribution in [0.5, 0.6) is 0 Å². The summed E-state index contributed by atoms with van der Waals surface area (Å²) in [5.41, 5.74) is 2.40. The van der Waals surface area contributed by atoms with Gasteiger partial charge in [0.05, 0.1) is 24.1 Å². The van der Waals surface area contributed by atoms with Crippen molar-refractivity contribution >= 4 is 46.2 Å². The van der Waals surface area contributed by atoms with E-state index in [0.717, 1.165) is 35.1 Å². The van der Waals surface area contributed by atoms with E-state index in [0.29, 0.717) is 29.2 Å². The van der Waals surface area contributed by atoms with Crippen LogP contribution in [0.2, 0.25) is 25.7 Å². The number of hydrogen-bond acceptors (Lipinski definition) is 5. The maximum Gasteiger partial charge on any atom is 0.332 e. The minimum Gasteiger partial charge on any atom is -0.361 e. The quantitative estimate of drug-likeness (QED) is 0.139. The molecule has 0 aliphatic rings. The molecular formula is C25H31BrN6O3Si. The van der Waals surface area contributed by atoms with Gasteiger partial charge in [-0.3, -0.25) is 13.9 Å². The van der Waals surface area contributed by atoms with Crippen molar-refractivity contribution in [1.82, 2.24) is 28.2 Å². The first kappa shape index (κ1) is 26.1. The van der Waals surface area contributed by atoms with Crippen LogP contribution in [0.15, 0.2) is 32.5 Å². The predicted molar refractivity (Wildman–Crippen MR) is 148 cm³/mol. The van der Waals surface area contributed by atoms with E-state index in [2.05, 4.69) is 52.4 Å². The number of hydrogen-bond donors (Lipinski definition) is 0. The second-order valence-corrected chi connectivity index (χ2v) is 16.4. The van der Waals surface area contributed by atoms with Gasteiger partial charge in [0.2, 0.25) is 0 Å². The summed E-state index contributed by atoms with van der Waals surface area (Å²) >= 11 is 3.39. The molecule has 3 aromatic heterocycles. The lowest BCUT2D eigenvalue weighted by molar-refractivity contribution is 0.0885. The standard InChI is InChI=1S/C25H31BrN6O3Si/c1-7-8-11-30-21-22(28-24(30)26)29(3)25(34)31(23(21)33)15-18-9-10-20-19(14-18)27-17(2)32(20)16-35-12-13-36(4,5)6/h9-10,14H,11-13,15-16H2,1-6H3. The molecule has 36 heavy (non-hydrogen) atoms. The number of benzene rings is 1. The molecule has 9 nitrogen and oxygen atoms in total. The van der Waals surface area contributed by atoms with Crippen molar-refractivity contribution in [3.8, 4) is 11.8 Å². The highest BCUT2D eigenvalue weighted by Crippen LogP contribution is 2.20. The van der Waals surface area contributed by atoms with Crippen molar-refractivity contribution in [2.45, 2.75) is 59.4 Å². The van der Waals surface area contributed by atoms with E-state index in [1.807, 2.05) is 29.7 Å². The molecule has 0 spiro atoms. The second kappa shape index (κ2) is 10.2. The maximum atomic E-state index is 13.4. The molecule has 0 unspecified atom stereocenters. The van der Waals surface area contributed by atoms with Gasteiger partial charge >= 0.3 is 5.69 Å². The summed E-state index contributed by atoms with van der Waals surface area (Å²) in [4.78, 5) is 35.6. The van der Waals surface area contributed by atoms with E-state index >= 15 is 0 Å². The summed E-state index contributed by atoms with van der Waals surface area (Å²) in [6.07, 6.45) is 0. The monoisotopic (exact) mass is 570 g/mol. The molecule has 1 aromatic carbocycles. The first-order valence-corrected chi connectivity index (χ1v) is 16.3. The van der Waals surface area contributed by atoms with Gasteiger partial charge in [-0.25, -0.2) is 14.8 Å². The van der Waals surface area contributed by atoms with Gasteiger partial charge in [0, 0.05) is 21.7 Å². The number of fused-ring (bicyclic) bond motifs is 2. The number of imidazole rings is 2. The molecule has 0 aliphatic heterocycles. The summed E-state index contributed by atoms with van der Waals surface area (Å²) in [5.74, 6) is 6.64. The Morgan fingerprint density at radius 1 is 1.11 bits per heavy atom. The van der Waals surface area contributed by atoms with Crippen LogP contribution in [0.4, 0.5) is 0 Å². The highest BCUT2D eigenvalue weighted by Gasteiger charge is 2.19. The average molecular weight is 572 g/mol. The fourth-order valence-electron chi connectivity index (χ4n) is 4.06. The summed E-state index contributed by atoms with van der Waals surface area (Å²) in [5, 5.41) is 0. The zero-order valence-corrected chi connectivity index (χ0v) is 24.1. The van der Waals surface area contributed by atoms with Crippen LogP contribution in [0.25, 0.3) is 22.2 Å². The lowest BCUT2D eigenvalue weighted by Gasteiger charge is -2.16. The van der Waals surface area contributed by atoms with Crippen LogP contribution in [0.1, 0.15) is 18.3 Å². The average Bonchev–Trinajstić information content (AvgIpc) is 3.31. The molecule has 11 heteroatoms. The van der Waals surface area contributed by atoms with Gasteiger partial charge in [-0.1, -0.05) is 31.6 Å². The summed E-state index contributed by atoms with van der Waals surface area (Å²) in [6, 6.07) is 6.93. The van der Waals surface area contributed by atoms with Crippen LogP contribution in [-0.2, 0) is 31.6 Å². The van der Waals surface area contributed by atoms with E-state index in [9.17, 15) is 9.59 Å². The zero-order valence-electron chi connectivity index (χ0n) is 21.6. The molecule has 0 saturated heterocycles. The van der Waals surface area contributed by atoms with E-state index in [-0.39, 0.29) is 6.54 Å². The highest BCUT2D eigenvalue weighted by atomic mass is 79.9. The van der Waals surface area contributed by atoms with Crippen molar-refractivity contribution < 1.29 is 4.74 Å². The molecule has 0 atom stereocenters. The Kier molecular flexibility index (Phi) is 7.40. The number of ether oxygens (including phenoxy) is 1. The Hall–Kier alpha value is -2.94. The smallest absolute Gasteiger partial charge is 0.332 e. The van der Waals surface area contributed by atoms with Crippen molar-refractivity contribution in [2.24, 2.45) is 7.05 Å². The van der Waals surface area contributed by atoms with E-state index in [1.54, 1.807) is 18.5 Å². The number of halogens is 1. The van der Waals surface area contributed by atoms with Gasteiger partial charge in [0.1, 0.15) is 12.6 Å². The molecule has 0 radical (unpaired) electrons. The second-order valence-electron chi connectivity index (χ2n) is 10.1. The molecule has 4 rings (SSSR count). The van der Waals surface area contributed by atoms with Crippen LogP contribution in [0.3, 0.4) is 0 Å². The normalized spacial score (nSPS) is 11.9. The number of nitrogens with zero attached hydrogens (tertiary/aromatic N) is 6. The molecular weight excluding hydrogens is 540 g/mol. The Balaban J connectivity index is 1.67. The zero-order chi connectivity index (χ0) is 26.2. The van der Waals surface area contributed by atoms with Gasteiger partial charge in [-0.05, 0) is 53.5 Å². The Morgan fingerprint density at radius 2 is 1.86 bits per heavy atom. The SMILES string of the molecule is CC#CCn1c(Br)nc2c1c(=O)n(Cc1ccc3c(c1)nc(C)n3COCC[Si](C)(C)C)c(=O)n2C. The minimum atomic E-state index is -1.15. The summed E-state index contributed by atoms with van der Waals surface area (Å²) in [6.45, 7) is 12.3. The lowest BCUT2D eigenvalue weighted by atomic mass is 10.2. The largest absolute Gasteiger partial charge is 0.361 e. The Labute approximate surface area is 218 Å². The summed E-state index contributed by atoms with van der Waals surface area (Å²) < 4.78 is 12.8. The summed E-state index contributed by atoms with van der Waals surface area (Å²) in [7, 11) is 0.467. The number of aromatic nitrogens is 6. The molecule has 190 valence electrons. The third-order valence-electron chi connectivity index (χ3n) is 6.16. The van der Waals surface area contributed by atoms with Crippen molar-refractivity contribution in [3.63, 3.8) is 0 Å². The van der Waals surface area contributed by atoms with Crippen molar-refractivity contribution in [1.29, 1.82) is 0 Å². The topological polar surface area (TPSA) is 88.9 Å². The van der Waals surface area contributed by atoms with Crippen LogP contribution in [0, 0.1) is 18.8 Å². The lowest BCUT2D eigenvalue weighted by Crippen LogP contribution is -2.40. The van der Waals surface area contributed by atoms with Gasteiger partial charge in [-0.2, -0.15) is 0 Å². The fraction of sp³-hybridized carbons (Fsp3) is 0.440. The van der Waals surface area contributed by atoms with Gasteiger partial charge < -0.3 is 13.9 Å². The third kappa shape index (κ3) is 5.12. The van der Waals surface area contributed by atoms with Crippen molar-refractivity contribution in [3.05, 3.63) is 55.2 Å². The fourth-order valence-corrected chi connectivity index (χ4v) is 5.29. The predicted octanol–water partition coefficient (Wildman–Crippen LogP) is 3.70. The molecule has 0 fully saturated rings. The molecule has 0 aliphatic carbocycles. The molecule has 4 aromatic rings. The third-order valence-corrected chi connectivity index (χ3v) is 8.47. The minimum absolute atomic E-state index is 0.123. The maximum absolute atomic E-state index is 13.4. The van der Waals surface area contributed by atoms with Crippen molar-refractivity contribution in [2.75, 3.05) is 6.61 Å². The van der Waals surface area contributed by atoms with Crippen LogP contribution >= 0.6 is 15.9 Å². The Bertz CT molecular complexity index is 1630. The molecule has 0 bridgehead atoms. The van der Waals surface area contributed by atoms with E-state index < -0.39 is 19.3 Å². The van der Waals surface area contributed by atoms with Crippen LogP contribution in [-0.4, -0.2) is 42.9 Å². The van der Waals surface area contributed by atoms with Gasteiger partial charge in [0.25, 0.3) is 5.56 Å². The molecule has 0 amide bonds. The van der Waals surface area contributed by atoms with E-state index in [4.69, 9.17) is 9.72 Å². The number of rotatable bonds is 8. The molecule has 3 heterocycles. The van der Waals surface area contributed by atoms with Gasteiger partial charge in [-0.15, -0.1) is 5.92 Å². The molecule has 0 N–H and O–H groups in total. The Morgan fingerprint density at radius 3 is 2.56 bits per heavy atom. The van der Waals surface area contributed by atoms with Crippen LogP contribution < -0.4 is 11.2 Å². The first-order valence-electron chi connectivity index (χ1n) is 11.8. The first-order chi connectivity index (χ1) is 17.0. The van der Waals surface area contributed by atoms with Gasteiger partial charge in [0.15, 0.2) is 15.9 Å². The highest BCUT2D eigenvalue weighted by molar-refractivity contribution is 9.10. The molecule has 0 saturated carbocycles. The van der Waals surface area contributed by atoms with E-state index in [1.165, 1.54) is 9.13 Å². The number of aryl methyl sites for hydroxylation is 2.